The number of anilines is 1. The summed E-state index contributed by atoms with van der Waals surface area (Å²) < 4.78 is 1.73. The summed E-state index contributed by atoms with van der Waals surface area (Å²) in [5.74, 6) is 0.880. The summed E-state index contributed by atoms with van der Waals surface area (Å²) in [6.07, 6.45) is 3.75. The Morgan fingerprint density at radius 3 is 2.91 bits per heavy atom. The lowest BCUT2D eigenvalue weighted by Gasteiger charge is -2.32. The Morgan fingerprint density at radius 1 is 1.45 bits per heavy atom. The number of nitrogens with zero attached hydrogens (tertiary/aromatic N) is 3. The highest BCUT2D eigenvalue weighted by atomic mass is 32.1. The molecule has 2 atom stereocenters. The van der Waals surface area contributed by atoms with Gasteiger partial charge in [0.1, 0.15) is 0 Å². The molecule has 1 N–H and O–H groups in total. The van der Waals surface area contributed by atoms with Gasteiger partial charge in [-0.15, -0.1) is 11.3 Å². The lowest BCUT2D eigenvalue weighted by molar-refractivity contribution is -0.122. The third-order valence-corrected chi connectivity index (χ3v) is 5.36. The van der Waals surface area contributed by atoms with E-state index in [1.54, 1.807) is 20.9 Å². The quantitative estimate of drug-likeness (QED) is 0.943. The number of amides is 1. The van der Waals surface area contributed by atoms with Crippen molar-refractivity contribution in [3.63, 3.8) is 0 Å². The van der Waals surface area contributed by atoms with Crippen LogP contribution in [-0.4, -0.2) is 28.3 Å². The summed E-state index contributed by atoms with van der Waals surface area (Å²) >= 11 is 1.74. The molecular weight excluding hydrogens is 296 g/mol. The molecule has 0 saturated carbocycles. The van der Waals surface area contributed by atoms with Crippen molar-refractivity contribution in [3.8, 4) is 0 Å². The molecule has 22 heavy (non-hydrogen) atoms. The van der Waals surface area contributed by atoms with Crippen molar-refractivity contribution in [3.05, 3.63) is 34.2 Å². The third-order valence-electron chi connectivity index (χ3n) is 4.16. The van der Waals surface area contributed by atoms with Crippen LogP contribution in [0.3, 0.4) is 0 Å². The molecule has 1 fully saturated rings. The Hall–Kier alpha value is -1.66. The molecule has 2 aromatic heterocycles. The average Bonchev–Trinajstić information content (AvgIpc) is 3.10. The molecule has 0 aromatic carbocycles. The largest absolute Gasteiger partial charge is 0.298 e. The summed E-state index contributed by atoms with van der Waals surface area (Å²) in [6, 6.07) is 4.08. The predicted molar refractivity (Wildman–Crippen MR) is 89.2 cm³/mol. The first-order valence-corrected chi connectivity index (χ1v) is 8.55. The molecule has 5 nitrogen and oxygen atoms in total. The number of piperidine rings is 1. The number of thiophene rings is 1. The van der Waals surface area contributed by atoms with Crippen LogP contribution in [0, 0.1) is 6.92 Å². The smallest absolute Gasteiger partial charge is 0.245 e. The molecule has 0 radical (unpaired) electrons. The van der Waals surface area contributed by atoms with Crippen LogP contribution in [-0.2, 0) is 11.8 Å². The van der Waals surface area contributed by atoms with Gasteiger partial charge in [-0.1, -0.05) is 0 Å². The Labute approximate surface area is 134 Å². The number of carbonyl (C=O) groups is 1. The van der Waals surface area contributed by atoms with Gasteiger partial charge in [0.05, 0.1) is 6.04 Å². The van der Waals surface area contributed by atoms with Crippen LogP contribution in [0.1, 0.15) is 36.2 Å². The van der Waals surface area contributed by atoms with E-state index in [1.165, 1.54) is 10.4 Å². The second kappa shape index (κ2) is 6.22. The predicted octanol–water partition coefficient (Wildman–Crippen LogP) is 2.64. The van der Waals surface area contributed by atoms with Crippen LogP contribution in [0.5, 0.6) is 0 Å². The van der Waals surface area contributed by atoms with Gasteiger partial charge in [-0.05, 0) is 43.7 Å². The molecule has 1 aliphatic rings. The molecule has 0 bridgehead atoms. The number of hydrogen-bond acceptors (Lipinski definition) is 4. The van der Waals surface area contributed by atoms with Gasteiger partial charge in [0.2, 0.25) is 5.91 Å². The fraction of sp³-hybridized carbons (Fsp3) is 0.500. The summed E-state index contributed by atoms with van der Waals surface area (Å²) in [7, 11) is 1.87. The third kappa shape index (κ3) is 2.94. The number of rotatable bonds is 4. The Kier molecular flexibility index (Phi) is 4.31. The molecular formula is C16H22N4OS. The van der Waals surface area contributed by atoms with Gasteiger partial charge in [-0.2, -0.15) is 5.10 Å². The molecule has 0 aliphatic carbocycles. The van der Waals surface area contributed by atoms with E-state index in [9.17, 15) is 4.79 Å². The van der Waals surface area contributed by atoms with Gasteiger partial charge in [-0.25, -0.2) is 0 Å². The summed E-state index contributed by atoms with van der Waals surface area (Å²) in [5, 5.41) is 9.96. The van der Waals surface area contributed by atoms with Crippen molar-refractivity contribution in [1.82, 2.24) is 15.1 Å². The van der Waals surface area contributed by atoms with Gasteiger partial charge >= 0.3 is 0 Å². The van der Waals surface area contributed by atoms with E-state index < -0.39 is 0 Å². The van der Waals surface area contributed by atoms with Crippen molar-refractivity contribution < 1.29 is 4.79 Å². The Morgan fingerprint density at radius 2 is 2.27 bits per heavy atom. The molecule has 0 spiro atoms. The van der Waals surface area contributed by atoms with Crippen LogP contribution in [0.2, 0.25) is 0 Å². The molecule has 3 heterocycles. The highest BCUT2D eigenvalue weighted by Gasteiger charge is 2.31. The zero-order valence-electron chi connectivity index (χ0n) is 13.2. The number of aromatic nitrogens is 2. The lowest BCUT2D eigenvalue weighted by Crippen LogP contribution is -2.51. The maximum atomic E-state index is 12.7. The zero-order valence-corrected chi connectivity index (χ0v) is 14.1. The van der Waals surface area contributed by atoms with E-state index in [2.05, 4.69) is 35.7 Å². The first kappa shape index (κ1) is 15.2. The maximum Gasteiger partial charge on any atom is 0.245 e. The summed E-state index contributed by atoms with van der Waals surface area (Å²) in [5.41, 5.74) is 1.29. The van der Waals surface area contributed by atoms with Gasteiger partial charge in [0.25, 0.3) is 0 Å². The Balaban J connectivity index is 1.71. The van der Waals surface area contributed by atoms with Crippen LogP contribution < -0.4 is 10.2 Å². The van der Waals surface area contributed by atoms with Crippen LogP contribution in [0.25, 0.3) is 0 Å². The van der Waals surface area contributed by atoms with Gasteiger partial charge in [0, 0.05) is 36.8 Å². The minimum absolute atomic E-state index is 0.131. The topological polar surface area (TPSA) is 50.2 Å². The van der Waals surface area contributed by atoms with E-state index in [4.69, 9.17) is 0 Å². The molecule has 1 aliphatic heterocycles. The molecule has 1 amide bonds. The van der Waals surface area contributed by atoms with Crippen molar-refractivity contribution in [2.24, 2.45) is 7.05 Å². The van der Waals surface area contributed by atoms with Crippen LogP contribution in [0.4, 0.5) is 5.82 Å². The molecule has 2 unspecified atom stereocenters. The highest BCUT2D eigenvalue weighted by molar-refractivity contribution is 7.10. The van der Waals surface area contributed by atoms with E-state index in [1.807, 2.05) is 19.3 Å². The fourth-order valence-corrected chi connectivity index (χ4v) is 3.95. The van der Waals surface area contributed by atoms with E-state index >= 15 is 0 Å². The fourth-order valence-electron chi connectivity index (χ4n) is 3.01. The number of carbonyl (C=O) groups excluding carboxylic acids is 1. The number of aryl methyl sites for hydroxylation is 2. The van der Waals surface area contributed by atoms with Crippen molar-refractivity contribution in [1.29, 1.82) is 0 Å². The minimum Gasteiger partial charge on any atom is -0.298 e. The van der Waals surface area contributed by atoms with E-state index in [0.717, 1.165) is 25.2 Å². The van der Waals surface area contributed by atoms with Crippen LogP contribution in [0.15, 0.2) is 23.7 Å². The molecule has 118 valence electrons. The van der Waals surface area contributed by atoms with Gasteiger partial charge < -0.3 is 0 Å². The van der Waals surface area contributed by atoms with Crippen molar-refractivity contribution in [2.45, 2.75) is 38.8 Å². The molecule has 2 aromatic rings. The first-order chi connectivity index (χ1) is 10.6. The van der Waals surface area contributed by atoms with E-state index in [-0.39, 0.29) is 18.0 Å². The second-order valence-electron chi connectivity index (χ2n) is 5.89. The standard InChI is InChI=1S/C16H22N4OS/c1-11-7-10-22-15(11)12(2)17-13-5-4-8-20(16(13)21)14-6-9-19(3)18-14/h6-7,9-10,12-13,17H,4-5,8H2,1-3H3. The SMILES string of the molecule is Cc1ccsc1C(C)NC1CCCN(c2ccn(C)n2)C1=O. The minimum atomic E-state index is -0.132. The molecule has 1 saturated heterocycles. The number of hydrogen-bond donors (Lipinski definition) is 1. The van der Waals surface area contributed by atoms with E-state index in [0.29, 0.717) is 0 Å². The number of nitrogens with one attached hydrogen (secondary N) is 1. The van der Waals surface area contributed by atoms with Crippen LogP contribution >= 0.6 is 11.3 Å². The monoisotopic (exact) mass is 318 g/mol. The molecule has 6 heteroatoms. The second-order valence-corrected chi connectivity index (χ2v) is 6.84. The summed E-state index contributed by atoms with van der Waals surface area (Å²) in [6.45, 7) is 5.00. The average molecular weight is 318 g/mol. The van der Waals surface area contributed by atoms with Gasteiger partial charge in [0.15, 0.2) is 5.82 Å². The summed E-state index contributed by atoms with van der Waals surface area (Å²) in [4.78, 5) is 15.9. The highest BCUT2D eigenvalue weighted by Crippen LogP contribution is 2.26. The van der Waals surface area contributed by atoms with Crippen molar-refractivity contribution >= 4 is 23.1 Å². The normalized spacial score (nSPS) is 20.4. The Bertz CT molecular complexity index is 663. The van der Waals surface area contributed by atoms with Gasteiger partial charge in [-0.3, -0.25) is 19.7 Å². The maximum absolute atomic E-state index is 12.7. The molecule has 3 rings (SSSR count). The van der Waals surface area contributed by atoms with Crippen molar-refractivity contribution in [2.75, 3.05) is 11.4 Å². The zero-order chi connectivity index (χ0) is 15.7. The first-order valence-electron chi connectivity index (χ1n) is 7.67. The lowest BCUT2D eigenvalue weighted by atomic mass is 10.0.